The lowest BCUT2D eigenvalue weighted by molar-refractivity contribution is -0.143. The number of sulfonamides is 1. The van der Waals surface area contributed by atoms with Gasteiger partial charge < -0.3 is 5.11 Å². The predicted octanol–water partition coefficient (Wildman–Crippen LogP) is 1.84. The summed E-state index contributed by atoms with van der Waals surface area (Å²) in [6, 6.07) is -1.17. The molecule has 0 bridgehead atoms. The van der Waals surface area contributed by atoms with Crippen LogP contribution in [0.5, 0.6) is 0 Å². The van der Waals surface area contributed by atoms with E-state index in [1.807, 2.05) is 6.92 Å². The molecule has 0 aromatic rings. The minimum atomic E-state index is -4.40. The summed E-state index contributed by atoms with van der Waals surface area (Å²) in [7, 11) is -3.97. The summed E-state index contributed by atoms with van der Waals surface area (Å²) >= 11 is 0. The number of rotatable bonds is 5. The first-order valence-corrected chi connectivity index (χ1v) is 7.93. The molecule has 1 saturated heterocycles. The molecular weight excluding hydrogens is 299 g/mol. The van der Waals surface area contributed by atoms with Crippen LogP contribution in [0.4, 0.5) is 13.2 Å². The molecule has 1 rings (SSSR count). The molecule has 9 heteroatoms. The Morgan fingerprint density at radius 1 is 1.40 bits per heavy atom. The highest BCUT2D eigenvalue weighted by atomic mass is 32.2. The van der Waals surface area contributed by atoms with Gasteiger partial charge in [-0.25, -0.2) is 8.42 Å². The highest BCUT2D eigenvalue weighted by molar-refractivity contribution is 7.89. The summed E-state index contributed by atoms with van der Waals surface area (Å²) in [6.07, 6.45) is -5.44. The SMILES string of the molecule is CC1CCN(S(=O)(=O)CCCC(F)(F)F)C(C(=O)O)C1. The van der Waals surface area contributed by atoms with Crippen molar-refractivity contribution in [2.75, 3.05) is 12.3 Å². The Hall–Kier alpha value is -0.830. The van der Waals surface area contributed by atoms with Gasteiger partial charge in [-0.2, -0.15) is 17.5 Å². The highest BCUT2D eigenvalue weighted by Crippen LogP contribution is 2.27. The van der Waals surface area contributed by atoms with E-state index in [1.54, 1.807) is 0 Å². The second-order valence-corrected chi connectivity index (χ2v) is 7.17. The second kappa shape index (κ2) is 6.30. The van der Waals surface area contributed by atoms with Crippen LogP contribution in [0.2, 0.25) is 0 Å². The third-order valence-electron chi connectivity index (χ3n) is 3.32. The molecule has 0 spiro atoms. The number of hydrogen-bond donors (Lipinski definition) is 1. The molecule has 0 aliphatic carbocycles. The molecule has 0 amide bonds. The predicted molar refractivity (Wildman–Crippen MR) is 65.6 cm³/mol. The van der Waals surface area contributed by atoms with Crippen molar-refractivity contribution in [2.45, 2.75) is 44.8 Å². The third-order valence-corrected chi connectivity index (χ3v) is 5.28. The normalized spacial score (nSPS) is 25.6. The Kier molecular flexibility index (Phi) is 5.42. The third kappa shape index (κ3) is 4.93. The summed E-state index contributed by atoms with van der Waals surface area (Å²) in [6.45, 7) is 1.87. The van der Waals surface area contributed by atoms with Crippen molar-refractivity contribution < 1.29 is 31.5 Å². The fourth-order valence-electron chi connectivity index (χ4n) is 2.25. The van der Waals surface area contributed by atoms with Gasteiger partial charge in [-0.05, 0) is 25.2 Å². The molecule has 1 heterocycles. The minimum absolute atomic E-state index is 0.0481. The zero-order chi connectivity index (χ0) is 15.6. The summed E-state index contributed by atoms with van der Waals surface area (Å²) in [5, 5.41) is 9.06. The van der Waals surface area contributed by atoms with Crippen molar-refractivity contribution in [1.29, 1.82) is 0 Å². The van der Waals surface area contributed by atoms with Gasteiger partial charge in [0.15, 0.2) is 0 Å². The number of hydrogen-bond acceptors (Lipinski definition) is 3. The fourth-order valence-corrected chi connectivity index (χ4v) is 3.94. The van der Waals surface area contributed by atoms with Gasteiger partial charge in [0.2, 0.25) is 10.0 Å². The number of piperidine rings is 1. The number of carbonyl (C=O) groups is 1. The van der Waals surface area contributed by atoms with E-state index in [2.05, 4.69) is 0 Å². The molecule has 0 aromatic carbocycles. The number of carboxylic acids is 1. The molecule has 0 radical (unpaired) electrons. The lowest BCUT2D eigenvalue weighted by Crippen LogP contribution is -2.50. The van der Waals surface area contributed by atoms with Crippen molar-refractivity contribution in [3.05, 3.63) is 0 Å². The van der Waals surface area contributed by atoms with Gasteiger partial charge in [0, 0.05) is 13.0 Å². The molecule has 5 nitrogen and oxygen atoms in total. The lowest BCUT2D eigenvalue weighted by Gasteiger charge is -2.35. The van der Waals surface area contributed by atoms with E-state index in [-0.39, 0.29) is 18.9 Å². The Morgan fingerprint density at radius 2 is 2.00 bits per heavy atom. The van der Waals surface area contributed by atoms with E-state index in [1.165, 1.54) is 0 Å². The largest absolute Gasteiger partial charge is 0.480 e. The molecular formula is C11H18F3NO4S. The molecule has 118 valence electrons. The van der Waals surface area contributed by atoms with E-state index in [0.717, 1.165) is 4.31 Å². The summed E-state index contributed by atoms with van der Waals surface area (Å²) < 4.78 is 60.9. The van der Waals surface area contributed by atoms with E-state index in [4.69, 9.17) is 5.11 Å². The van der Waals surface area contributed by atoms with Crippen molar-refractivity contribution in [3.8, 4) is 0 Å². The van der Waals surface area contributed by atoms with Crippen LogP contribution in [0.25, 0.3) is 0 Å². The van der Waals surface area contributed by atoms with Crippen molar-refractivity contribution in [1.82, 2.24) is 4.31 Å². The summed E-state index contributed by atoms with van der Waals surface area (Å²) in [4.78, 5) is 11.1. The molecule has 0 aromatic heterocycles. The first-order valence-electron chi connectivity index (χ1n) is 6.32. The molecule has 1 aliphatic rings. The number of nitrogens with zero attached hydrogens (tertiary/aromatic N) is 1. The van der Waals surface area contributed by atoms with Crippen LogP contribution in [0.1, 0.15) is 32.6 Å². The molecule has 20 heavy (non-hydrogen) atoms. The van der Waals surface area contributed by atoms with Gasteiger partial charge in [-0.15, -0.1) is 0 Å². The Labute approximate surface area is 115 Å². The van der Waals surface area contributed by atoms with Gasteiger partial charge in [0.1, 0.15) is 6.04 Å². The average Bonchev–Trinajstić information content (AvgIpc) is 2.26. The van der Waals surface area contributed by atoms with E-state index >= 15 is 0 Å². The van der Waals surface area contributed by atoms with Gasteiger partial charge in [-0.1, -0.05) is 6.92 Å². The molecule has 1 fully saturated rings. The van der Waals surface area contributed by atoms with Crippen LogP contribution >= 0.6 is 0 Å². The molecule has 0 saturated carbocycles. The number of carboxylic acid groups (broad SMARTS) is 1. The molecule has 2 unspecified atom stereocenters. The highest BCUT2D eigenvalue weighted by Gasteiger charge is 2.39. The number of halogens is 3. The minimum Gasteiger partial charge on any atom is -0.480 e. The second-order valence-electron chi connectivity index (χ2n) is 5.13. The van der Waals surface area contributed by atoms with Gasteiger partial charge in [0.05, 0.1) is 5.75 Å². The number of aliphatic carboxylic acids is 1. The van der Waals surface area contributed by atoms with Crippen molar-refractivity contribution in [3.63, 3.8) is 0 Å². The maximum atomic E-state index is 12.0. The smallest absolute Gasteiger partial charge is 0.389 e. The van der Waals surface area contributed by atoms with Crippen LogP contribution in [-0.4, -0.2) is 48.3 Å². The average molecular weight is 317 g/mol. The monoisotopic (exact) mass is 317 g/mol. The zero-order valence-electron chi connectivity index (χ0n) is 11.1. The van der Waals surface area contributed by atoms with E-state index < -0.39 is 46.8 Å². The van der Waals surface area contributed by atoms with Crippen molar-refractivity contribution in [2.24, 2.45) is 5.92 Å². The van der Waals surface area contributed by atoms with Crippen molar-refractivity contribution >= 4 is 16.0 Å². The van der Waals surface area contributed by atoms with Crippen LogP contribution in [0.3, 0.4) is 0 Å². The fraction of sp³-hybridized carbons (Fsp3) is 0.909. The van der Waals surface area contributed by atoms with Gasteiger partial charge >= 0.3 is 12.1 Å². The molecule has 1 N–H and O–H groups in total. The quantitative estimate of drug-likeness (QED) is 0.839. The Bertz CT molecular complexity index is 449. The number of alkyl halides is 3. The Balaban J connectivity index is 2.72. The van der Waals surface area contributed by atoms with Gasteiger partial charge in [0.25, 0.3) is 0 Å². The van der Waals surface area contributed by atoms with E-state index in [0.29, 0.717) is 6.42 Å². The Morgan fingerprint density at radius 3 is 2.50 bits per heavy atom. The maximum Gasteiger partial charge on any atom is 0.389 e. The van der Waals surface area contributed by atoms with Gasteiger partial charge in [-0.3, -0.25) is 4.79 Å². The topological polar surface area (TPSA) is 74.7 Å². The summed E-state index contributed by atoms with van der Waals surface area (Å²) in [5.74, 6) is -1.85. The first-order chi connectivity index (χ1) is 9.03. The van der Waals surface area contributed by atoms with Crippen LogP contribution in [-0.2, 0) is 14.8 Å². The van der Waals surface area contributed by atoms with Crippen LogP contribution < -0.4 is 0 Å². The zero-order valence-corrected chi connectivity index (χ0v) is 11.9. The van der Waals surface area contributed by atoms with Crippen LogP contribution in [0.15, 0.2) is 0 Å². The molecule has 2 atom stereocenters. The first kappa shape index (κ1) is 17.2. The molecule has 1 aliphatic heterocycles. The summed E-state index contributed by atoms with van der Waals surface area (Å²) in [5.41, 5.74) is 0. The van der Waals surface area contributed by atoms with E-state index in [9.17, 15) is 26.4 Å². The standard InChI is InChI=1S/C11H18F3NO4S/c1-8-3-5-15(9(7-8)10(16)17)20(18,19)6-2-4-11(12,13)14/h8-9H,2-7H2,1H3,(H,16,17). The maximum absolute atomic E-state index is 12.0. The van der Waals surface area contributed by atoms with Crippen LogP contribution in [0, 0.1) is 5.92 Å². The lowest BCUT2D eigenvalue weighted by atomic mass is 9.94.